The lowest BCUT2D eigenvalue weighted by atomic mass is 9.98. The van der Waals surface area contributed by atoms with Crippen LogP contribution in [-0.4, -0.2) is 17.3 Å². The highest BCUT2D eigenvalue weighted by molar-refractivity contribution is 7.99. The fourth-order valence-corrected chi connectivity index (χ4v) is 5.80. The first-order valence-corrected chi connectivity index (χ1v) is 9.59. The maximum Gasteiger partial charge on any atom is 0.106 e. The second-order valence-corrected chi connectivity index (χ2v) is 7.99. The van der Waals surface area contributed by atoms with Gasteiger partial charge in [-0.05, 0) is 50.8 Å². The van der Waals surface area contributed by atoms with Gasteiger partial charge in [-0.15, -0.1) is 11.3 Å². The third-order valence-corrected chi connectivity index (χ3v) is 6.92. The molecule has 2 heterocycles. The largest absolute Gasteiger partial charge is 0.309 e. The summed E-state index contributed by atoms with van der Waals surface area (Å²) in [4.78, 5) is 6.55. The fraction of sp³-hybridized carbons (Fsp3) is 0.800. The van der Waals surface area contributed by atoms with Crippen LogP contribution in [-0.2, 0) is 6.42 Å². The molecule has 106 valence electrons. The fourth-order valence-electron chi connectivity index (χ4n) is 3.03. The molecule has 0 amide bonds. The lowest BCUT2D eigenvalue weighted by Crippen LogP contribution is -2.24. The standard InChI is InChI=1S/C15H24N2S2/c1-2-9-16-11-6-5-7-12-14(11)19-15(17-12)13-8-3-4-10-18-13/h11,13,16H,2-10H2,1H3. The highest BCUT2D eigenvalue weighted by Crippen LogP contribution is 2.43. The van der Waals surface area contributed by atoms with Gasteiger partial charge < -0.3 is 5.32 Å². The number of aryl methyl sites for hydroxylation is 1. The minimum atomic E-state index is 0.587. The lowest BCUT2D eigenvalue weighted by molar-refractivity contribution is 0.464. The second-order valence-electron chi connectivity index (χ2n) is 5.62. The van der Waals surface area contributed by atoms with E-state index < -0.39 is 0 Å². The number of fused-ring (bicyclic) bond motifs is 1. The van der Waals surface area contributed by atoms with Gasteiger partial charge in [0.25, 0.3) is 0 Å². The van der Waals surface area contributed by atoms with Gasteiger partial charge in [-0.3, -0.25) is 0 Å². The summed E-state index contributed by atoms with van der Waals surface area (Å²) in [5, 5.41) is 5.81. The average Bonchev–Trinajstić information content (AvgIpc) is 2.90. The van der Waals surface area contributed by atoms with E-state index in [1.807, 2.05) is 11.3 Å². The van der Waals surface area contributed by atoms with Crippen LogP contribution in [0.5, 0.6) is 0 Å². The van der Waals surface area contributed by atoms with Gasteiger partial charge in [0.05, 0.1) is 10.9 Å². The third-order valence-electron chi connectivity index (χ3n) is 4.06. The van der Waals surface area contributed by atoms with E-state index in [4.69, 9.17) is 4.98 Å². The van der Waals surface area contributed by atoms with Crippen molar-refractivity contribution in [3.8, 4) is 0 Å². The van der Waals surface area contributed by atoms with E-state index in [0.29, 0.717) is 11.3 Å². The van der Waals surface area contributed by atoms with Crippen molar-refractivity contribution in [3.05, 3.63) is 15.6 Å². The highest BCUT2D eigenvalue weighted by Gasteiger charge is 2.27. The molecule has 0 bridgehead atoms. The normalized spacial score (nSPS) is 27.2. The molecule has 2 unspecified atom stereocenters. The number of hydrogen-bond donors (Lipinski definition) is 1. The molecule has 2 aliphatic rings. The Bertz CT molecular complexity index is 410. The van der Waals surface area contributed by atoms with Crippen LogP contribution in [0.2, 0.25) is 0 Å². The van der Waals surface area contributed by atoms with E-state index in [9.17, 15) is 0 Å². The Hall–Kier alpha value is -0.0600. The van der Waals surface area contributed by atoms with Gasteiger partial charge in [0.15, 0.2) is 0 Å². The Labute approximate surface area is 124 Å². The number of nitrogens with zero attached hydrogens (tertiary/aromatic N) is 1. The van der Waals surface area contributed by atoms with Crippen LogP contribution in [0, 0.1) is 0 Å². The Balaban J connectivity index is 1.76. The molecule has 1 aliphatic heterocycles. The molecule has 1 fully saturated rings. The van der Waals surface area contributed by atoms with Gasteiger partial charge in [0.2, 0.25) is 0 Å². The van der Waals surface area contributed by atoms with Crippen molar-refractivity contribution in [2.24, 2.45) is 0 Å². The van der Waals surface area contributed by atoms with Gasteiger partial charge in [0.1, 0.15) is 5.01 Å². The summed E-state index contributed by atoms with van der Waals surface area (Å²) in [7, 11) is 0. The Morgan fingerprint density at radius 3 is 3.00 bits per heavy atom. The van der Waals surface area contributed by atoms with Crippen LogP contribution < -0.4 is 5.32 Å². The molecule has 1 aromatic rings. The maximum atomic E-state index is 4.99. The Morgan fingerprint density at radius 2 is 2.21 bits per heavy atom. The Morgan fingerprint density at radius 1 is 1.26 bits per heavy atom. The molecule has 4 heteroatoms. The van der Waals surface area contributed by atoms with Crippen molar-refractivity contribution in [2.75, 3.05) is 12.3 Å². The topological polar surface area (TPSA) is 24.9 Å². The van der Waals surface area contributed by atoms with Crippen molar-refractivity contribution in [3.63, 3.8) is 0 Å². The lowest BCUT2D eigenvalue weighted by Gasteiger charge is -2.22. The zero-order valence-electron chi connectivity index (χ0n) is 11.8. The molecular formula is C15H24N2S2. The van der Waals surface area contributed by atoms with E-state index in [1.165, 1.54) is 61.4 Å². The summed E-state index contributed by atoms with van der Waals surface area (Å²) < 4.78 is 0. The molecular weight excluding hydrogens is 272 g/mol. The molecule has 0 radical (unpaired) electrons. The van der Waals surface area contributed by atoms with E-state index in [-0.39, 0.29) is 0 Å². The molecule has 1 N–H and O–H groups in total. The van der Waals surface area contributed by atoms with Crippen molar-refractivity contribution in [1.82, 2.24) is 10.3 Å². The van der Waals surface area contributed by atoms with E-state index in [0.717, 1.165) is 6.54 Å². The third kappa shape index (κ3) is 3.17. The molecule has 1 aliphatic carbocycles. The van der Waals surface area contributed by atoms with Gasteiger partial charge in [0, 0.05) is 10.9 Å². The summed E-state index contributed by atoms with van der Waals surface area (Å²) >= 11 is 4.13. The molecule has 0 spiro atoms. The zero-order chi connectivity index (χ0) is 13.1. The first kappa shape index (κ1) is 13.9. The molecule has 1 saturated heterocycles. The van der Waals surface area contributed by atoms with Gasteiger partial charge >= 0.3 is 0 Å². The summed E-state index contributed by atoms with van der Waals surface area (Å²) in [5.74, 6) is 1.33. The van der Waals surface area contributed by atoms with E-state index >= 15 is 0 Å². The number of thiazole rings is 1. The monoisotopic (exact) mass is 296 g/mol. The molecule has 2 nitrogen and oxygen atoms in total. The Kier molecular flexibility index (Phi) is 4.83. The first-order chi connectivity index (χ1) is 9.38. The quantitative estimate of drug-likeness (QED) is 0.887. The number of hydrogen-bond acceptors (Lipinski definition) is 4. The number of thioether (sulfide) groups is 1. The van der Waals surface area contributed by atoms with Crippen molar-refractivity contribution >= 4 is 23.1 Å². The molecule has 2 atom stereocenters. The number of rotatable bonds is 4. The van der Waals surface area contributed by atoms with Crippen molar-refractivity contribution < 1.29 is 0 Å². The van der Waals surface area contributed by atoms with Crippen LogP contribution in [0.25, 0.3) is 0 Å². The van der Waals surface area contributed by atoms with E-state index in [2.05, 4.69) is 24.0 Å². The molecule has 0 saturated carbocycles. The summed E-state index contributed by atoms with van der Waals surface area (Å²) in [5.41, 5.74) is 1.41. The van der Waals surface area contributed by atoms with Crippen LogP contribution in [0.3, 0.4) is 0 Å². The molecule has 0 aromatic carbocycles. The van der Waals surface area contributed by atoms with Crippen molar-refractivity contribution in [2.45, 2.75) is 63.2 Å². The van der Waals surface area contributed by atoms with Gasteiger partial charge in [-0.2, -0.15) is 11.8 Å². The minimum Gasteiger partial charge on any atom is -0.309 e. The van der Waals surface area contributed by atoms with E-state index in [1.54, 1.807) is 4.88 Å². The summed E-state index contributed by atoms with van der Waals surface area (Å²) in [6, 6.07) is 0.587. The first-order valence-electron chi connectivity index (χ1n) is 7.73. The van der Waals surface area contributed by atoms with Gasteiger partial charge in [-0.25, -0.2) is 4.98 Å². The predicted octanol–water partition coefficient (Wildman–Crippen LogP) is 4.48. The number of nitrogens with one attached hydrogen (secondary N) is 1. The van der Waals surface area contributed by atoms with Crippen LogP contribution in [0.4, 0.5) is 0 Å². The summed E-state index contributed by atoms with van der Waals surface area (Å²) in [6.45, 7) is 3.38. The summed E-state index contributed by atoms with van der Waals surface area (Å²) in [6.07, 6.45) is 9.14. The zero-order valence-corrected chi connectivity index (χ0v) is 13.4. The molecule has 3 rings (SSSR count). The number of aromatic nitrogens is 1. The van der Waals surface area contributed by atoms with Crippen molar-refractivity contribution in [1.29, 1.82) is 0 Å². The maximum absolute atomic E-state index is 4.99. The SMILES string of the molecule is CCCNC1CCCc2nc(C3CCCCS3)sc21. The highest BCUT2D eigenvalue weighted by atomic mass is 32.2. The minimum absolute atomic E-state index is 0.587. The molecule has 1 aromatic heterocycles. The van der Waals surface area contributed by atoms with Crippen LogP contribution in [0.1, 0.15) is 72.3 Å². The second kappa shape index (κ2) is 6.59. The molecule has 19 heavy (non-hydrogen) atoms. The smallest absolute Gasteiger partial charge is 0.106 e. The predicted molar refractivity (Wildman–Crippen MR) is 85.1 cm³/mol. The van der Waals surface area contributed by atoms with Crippen LogP contribution >= 0.6 is 23.1 Å². The average molecular weight is 297 g/mol. The van der Waals surface area contributed by atoms with Gasteiger partial charge in [-0.1, -0.05) is 13.3 Å². The van der Waals surface area contributed by atoms with Crippen LogP contribution in [0.15, 0.2) is 0 Å².